The van der Waals surface area contributed by atoms with Crippen molar-refractivity contribution in [2.45, 2.75) is 5.41 Å². The predicted molar refractivity (Wildman–Crippen MR) is 185 cm³/mol. The molecule has 4 aromatic carbocycles. The van der Waals surface area contributed by atoms with Crippen LogP contribution in [0.2, 0.25) is 0 Å². The van der Waals surface area contributed by atoms with Gasteiger partial charge in [0, 0.05) is 29.5 Å². The molecule has 0 bridgehead atoms. The molecular formula is C42H28N4. The summed E-state index contributed by atoms with van der Waals surface area (Å²) in [5, 5.41) is 1.18. The van der Waals surface area contributed by atoms with E-state index < -0.39 is 5.41 Å². The molecule has 8 aromatic rings. The van der Waals surface area contributed by atoms with Gasteiger partial charge in [-0.2, -0.15) is 0 Å². The lowest BCUT2D eigenvalue weighted by atomic mass is 9.67. The van der Waals surface area contributed by atoms with Gasteiger partial charge in [0.25, 0.3) is 0 Å². The summed E-state index contributed by atoms with van der Waals surface area (Å²) >= 11 is 0. The standard InChI is InChI=1S/C42H28N4/c1-3-13-30(14-4-1)42(31-15-5-2-6-16-31)34-18-8-7-17-33(34)40-35(42)22-21-29-23-26-46(41(29)40)32-27-38(36-19-9-11-24-43-36)45-39(28-32)37-20-10-12-25-44-37/h1-28H. The maximum Gasteiger partial charge on any atom is 0.0915 e. The lowest BCUT2D eigenvalue weighted by Gasteiger charge is -2.33. The van der Waals surface area contributed by atoms with E-state index in [0.717, 1.165) is 28.5 Å². The van der Waals surface area contributed by atoms with Crippen LogP contribution >= 0.6 is 0 Å². The lowest BCUT2D eigenvalue weighted by molar-refractivity contribution is 0.769. The van der Waals surface area contributed by atoms with Crippen LogP contribution in [0.5, 0.6) is 0 Å². The van der Waals surface area contributed by atoms with Crippen molar-refractivity contribution in [3.05, 3.63) is 193 Å². The van der Waals surface area contributed by atoms with E-state index in [4.69, 9.17) is 4.98 Å². The van der Waals surface area contributed by atoms with Crippen molar-refractivity contribution in [3.63, 3.8) is 0 Å². The van der Waals surface area contributed by atoms with E-state index in [0.29, 0.717) is 0 Å². The molecule has 216 valence electrons. The monoisotopic (exact) mass is 588 g/mol. The molecule has 0 aliphatic heterocycles. The maximum atomic E-state index is 5.04. The van der Waals surface area contributed by atoms with E-state index in [1.165, 1.54) is 44.3 Å². The minimum atomic E-state index is -0.464. The third-order valence-electron chi connectivity index (χ3n) is 9.21. The molecule has 0 N–H and O–H groups in total. The van der Waals surface area contributed by atoms with Crippen LogP contribution in [0.3, 0.4) is 0 Å². The van der Waals surface area contributed by atoms with Gasteiger partial charge in [0.05, 0.1) is 39.4 Å². The highest BCUT2D eigenvalue weighted by Gasteiger charge is 2.46. The second-order valence-electron chi connectivity index (χ2n) is 11.7. The van der Waals surface area contributed by atoms with Crippen LogP contribution in [0, 0.1) is 0 Å². The van der Waals surface area contributed by atoms with E-state index >= 15 is 0 Å². The van der Waals surface area contributed by atoms with Crippen molar-refractivity contribution in [2.75, 3.05) is 0 Å². The highest BCUT2D eigenvalue weighted by Crippen LogP contribution is 2.57. The lowest BCUT2D eigenvalue weighted by Crippen LogP contribution is -2.28. The van der Waals surface area contributed by atoms with Gasteiger partial charge in [0.15, 0.2) is 0 Å². The average molecular weight is 589 g/mol. The molecule has 0 amide bonds. The van der Waals surface area contributed by atoms with Crippen LogP contribution in [0.25, 0.3) is 50.5 Å². The molecule has 4 aromatic heterocycles. The Bertz CT molecular complexity index is 2250. The maximum absolute atomic E-state index is 5.04. The Morgan fingerprint density at radius 1 is 0.478 bits per heavy atom. The largest absolute Gasteiger partial charge is 0.316 e. The first-order chi connectivity index (χ1) is 22.8. The van der Waals surface area contributed by atoms with Gasteiger partial charge in [0.2, 0.25) is 0 Å². The van der Waals surface area contributed by atoms with E-state index in [9.17, 15) is 0 Å². The number of rotatable bonds is 5. The second-order valence-corrected chi connectivity index (χ2v) is 11.7. The van der Waals surface area contributed by atoms with Gasteiger partial charge in [-0.15, -0.1) is 0 Å². The van der Waals surface area contributed by atoms with Crippen LogP contribution in [0.15, 0.2) is 170 Å². The molecule has 1 aliphatic carbocycles. The van der Waals surface area contributed by atoms with Crippen molar-refractivity contribution in [1.29, 1.82) is 0 Å². The quantitative estimate of drug-likeness (QED) is 0.201. The Morgan fingerprint density at radius 2 is 1.07 bits per heavy atom. The van der Waals surface area contributed by atoms with Gasteiger partial charge in [-0.25, -0.2) is 4.98 Å². The number of pyridine rings is 3. The van der Waals surface area contributed by atoms with Crippen molar-refractivity contribution in [2.24, 2.45) is 0 Å². The molecule has 0 spiro atoms. The number of hydrogen-bond donors (Lipinski definition) is 0. The van der Waals surface area contributed by atoms with Crippen LogP contribution in [-0.4, -0.2) is 19.5 Å². The van der Waals surface area contributed by atoms with E-state index in [2.05, 4.69) is 136 Å². The molecule has 0 saturated carbocycles. The van der Waals surface area contributed by atoms with Crippen molar-refractivity contribution >= 4 is 10.9 Å². The van der Waals surface area contributed by atoms with Gasteiger partial charge in [-0.05, 0) is 70.3 Å². The minimum absolute atomic E-state index is 0.464. The molecular weight excluding hydrogens is 560 g/mol. The summed E-state index contributed by atoms with van der Waals surface area (Å²) in [5.41, 5.74) is 12.5. The minimum Gasteiger partial charge on any atom is -0.316 e. The zero-order valence-corrected chi connectivity index (χ0v) is 25.0. The highest BCUT2D eigenvalue weighted by atomic mass is 15.0. The van der Waals surface area contributed by atoms with Crippen LogP contribution in [0.4, 0.5) is 0 Å². The zero-order chi connectivity index (χ0) is 30.5. The average Bonchev–Trinajstić information content (AvgIpc) is 3.71. The number of benzene rings is 4. The van der Waals surface area contributed by atoms with Crippen molar-refractivity contribution in [1.82, 2.24) is 19.5 Å². The smallest absolute Gasteiger partial charge is 0.0915 e. The molecule has 0 atom stereocenters. The molecule has 0 saturated heterocycles. The van der Waals surface area contributed by atoms with Crippen molar-refractivity contribution in [3.8, 4) is 39.6 Å². The number of fused-ring (bicyclic) bond motifs is 5. The summed E-state index contributed by atoms with van der Waals surface area (Å²) in [6.45, 7) is 0. The molecule has 4 heteroatoms. The van der Waals surface area contributed by atoms with Gasteiger partial charge in [-0.1, -0.05) is 109 Å². The Kier molecular flexibility index (Phi) is 6.00. The normalized spacial score (nSPS) is 13.0. The van der Waals surface area contributed by atoms with E-state index in [1.54, 1.807) is 0 Å². The fourth-order valence-electron chi connectivity index (χ4n) is 7.32. The van der Waals surface area contributed by atoms with E-state index in [-0.39, 0.29) is 0 Å². The Hall–Kier alpha value is -6.13. The highest BCUT2D eigenvalue weighted by molar-refractivity contribution is 6.03. The molecule has 1 aliphatic rings. The number of aromatic nitrogens is 4. The molecule has 0 fully saturated rings. The number of nitrogens with zero attached hydrogens (tertiary/aromatic N) is 4. The molecule has 4 heterocycles. The summed E-state index contributed by atoms with van der Waals surface area (Å²) < 4.78 is 2.32. The topological polar surface area (TPSA) is 43.6 Å². The first kappa shape index (κ1) is 26.3. The molecule has 0 radical (unpaired) electrons. The first-order valence-electron chi connectivity index (χ1n) is 15.5. The Balaban J connectivity index is 1.37. The molecule has 46 heavy (non-hydrogen) atoms. The Labute approximate surface area is 267 Å². The Morgan fingerprint density at radius 3 is 1.67 bits per heavy atom. The van der Waals surface area contributed by atoms with Crippen molar-refractivity contribution < 1.29 is 0 Å². The van der Waals surface area contributed by atoms with Crippen LogP contribution in [-0.2, 0) is 5.41 Å². The number of hydrogen-bond acceptors (Lipinski definition) is 3. The third-order valence-corrected chi connectivity index (χ3v) is 9.21. The summed E-state index contributed by atoms with van der Waals surface area (Å²) in [4.78, 5) is 14.3. The van der Waals surface area contributed by atoms with Crippen LogP contribution in [0.1, 0.15) is 22.3 Å². The zero-order valence-electron chi connectivity index (χ0n) is 25.0. The van der Waals surface area contributed by atoms with Crippen LogP contribution < -0.4 is 0 Å². The summed E-state index contributed by atoms with van der Waals surface area (Å²) in [6.07, 6.45) is 5.80. The SMILES string of the molecule is c1ccc(C2(c3ccccc3)c3ccccc3-c3c2ccc2ccn(-c4cc(-c5ccccn5)nc(-c5ccccn5)c4)c32)cc1. The first-order valence-corrected chi connectivity index (χ1v) is 15.5. The summed E-state index contributed by atoms with van der Waals surface area (Å²) in [5.74, 6) is 0. The van der Waals surface area contributed by atoms with Gasteiger partial charge >= 0.3 is 0 Å². The van der Waals surface area contributed by atoms with Gasteiger partial charge in [0.1, 0.15) is 0 Å². The summed E-state index contributed by atoms with van der Waals surface area (Å²) in [6, 6.07) is 53.7. The molecule has 0 unspecified atom stereocenters. The summed E-state index contributed by atoms with van der Waals surface area (Å²) in [7, 11) is 0. The fourth-order valence-corrected chi connectivity index (χ4v) is 7.32. The second kappa shape index (κ2) is 10.5. The third kappa shape index (κ3) is 3.90. The van der Waals surface area contributed by atoms with Gasteiger partial charge < -0.3 is 4.57 Å². The molecule has 9 rings (SSSR count). The predicted octanol–water partition coefficient (Wildman–Crippen LogP) is 9.51. The fraction of sp³-hybridized carbons (Fsp3) is 0.0238. The molecule has 4 nitrogen and oxygen atoms in total. The van der Waals surface area contributed by atoms with Gasteiger partial charge in [-0.3, -0.25) is 9.97 Å². The van der Waals surface area contributed by atoms with E-state index in [1.807, 2.05) is 48.8 Å².